The van der Waals surface area contributed by atoms with Crippen molar-refractivity contribution in [1.82, 2.24) is 20.9 Å². The molecule has 0 fully saturated rings. The van der Waals surface area contributed by atoms with Crippen molar-refractivity contribution in [1.29, 1.82) is 0 Å². The van der Waals surface area contributed by atoms with E-state index in [0.717, 1.165) is 12.1 Å². The molecule has 0 aliphatic carbocycles. The summed E-state index contributed by atoms with van der Waals surface area (Å²) in [5.74, 6) is -1.34. The van der Waals surface area contributed by atoms with Gasteiger partial charge in [0.15, 0.2) is 5.76 Å². The lowest BCUT2D eigenvalue weighted by molar-refractivity contribution is -0.141. The maximum atomic E-state index is 12.8. The minimum absolute atomic E-state index is 0.0221. The Bertz CT molecular complexity index is 1250. The van der Waals surface area contributed by atoms with E-state index in [2.05, 4.69) is 20.9 Å². The molecule has 0 unspecified atom stereocenters. The molecular weight excluding hydrogens is 477 g/mol. The maximum Gasteiger partial charge on any atom is 0.433 e. The molecule has 0 saturated carbocycles. The van der Waals surface area contributed by atoms with Gasteiger partial charge >= 0.3 is 6.18 Å². The van der Waals surface area contributed by atoms with Crippen molar-refractivity contribution in [2.45, 2.75) is 32.6 Å². The number of likely N-dealkylation sites (N-methyl/N-ethyl adjacent to an activating group) is 1. The van der Waals surface area contributed by atoms with E-state index in [4.69, 9.17) is 4.42 Å². The van der Waals surface area contributed by atoms with Crippen LogP contribution in [0.5, 0.6) is 0 Å². The summed E-state index contributed by atoms with van der Waals surface area (Å²) in [6.07, 6.45) is -4.65. The molecule has 1 atom stereocenters. The van der Waals surface area contributed by atoms with Gasteiger partial charge in [-0.1, -0.05) is 38.1 Å². The van der Waals surface area contributed by atoms with E-state index in [9.17, 15) is 27.6 Å². The van der Waals surface area contributed by atoms with Crippen LogP contribution in [-0.2, 0) is 17.5 Å². The smallest absolute Gasteiger partial charge is 0.433 e. The van der Waals surface area contributed by atoms with Gasteiger partial charge in [0.2, 0.25) is 5.91 Å². The van der Waals surface area contributed by atoms with Crippen molar-refractivity contribution in [3.05, 3.63) is 77.3 Å². The molecule has 11 heteroatoms. The highest BCUT2D eigenvalue weighted by Gasteiger charge is 2.33. The molecule has 2 aromatic heterocycles. The summed E-state index contributed by atoms with van der Waals surface area (Å²) in [6.45, 7) is 3.64. The van der Waals surface area contributed by atoms with E-state index in [1.165, 1.54) is 19.2 Å². The highest BCUT2D eigenvalue weighted by molar-refractivity contribution is 5.96. The molecule has 0 saturated heterocycles. The zero-order valence-corrected chi connectivity index (χ0v) is 19.8. The first-order valence-electron chi connectivity index (χ1n) is 11.0. The third-order valence-electron chi connectivity index (χ3n) is 5.25. The summed E-state index contributed by atoms with van der Waals surface area (Å²) in [6, 6.07) is 12.3. The fraction of sp³-hybridized carbons (Fsp3) is 0.280. The first kappa shape index (κ1) is 26.5. The third kappa shape index (κ3) is 6.49. The molecule has 3 N–H and O–H groups in total. The van der Waals surface area contributed by atoms with Crippen LogP contribution in [0.3, 0.4) is 0 Å². The number of furan rings is 1. The number of rotatable bonds is 8. The van der Waals surface area contributed by atoms with Crippen LogP contribution in [0.25, 0.3) is 11.3 Å². The van der Waals surface area contributed by atoms with Crippen LogP contribution in [0.15, 0.2) is 59.0 Å². The highest BCUT2D eigenvalue weighted by atomic mass is 19.4. The summed E-state index contributed by atoms with van der Waals surface area (Å²) in [5, 5.41) is 7.71. The van der Waals surface area contributed by atoms with E-state index < -0.39 is 29.7 Å². The minimum Gasteiger partial charge on any atom is -0.451 e. The van der Waals surface area contributed by atoms with Crippen LogP contribution >= 0.6 is 0 Å². The fourth-order valence-corrected chi connectivity index (χ4v) is 3.34. The largest absolute Gasteiger partial charge is 0.451 e. The molecule has 36 heavy (non-hydrogen) atoms. The lowest BCUT2D eigenvalue weighted by Crippen LogP contribution is -2.48. The van der Waals surface area contributed by atoms with Crippen LogP contribution in [0, 0.1) is 5.92 Å². The van der Waals surface area contributed by atoms with Crippen LogP contribution in [0.1, 0.15) is 46.1 Å². The van der Waals surface area contributed by atoms with Crippen molar-refractivity contribution >= 4 is 17.7 Å². The van der Waals surface area contributed by atoms with Crippen molar-refractivity contribution < 1.29 is 32.0 Å². The number of nitrogens with one attached hydrogen (secondary N) is 3. The molecule has 0 bridgehead atoms. The second-order valence-electron chi connectivity index (χ2n) is 8.26. The number of amides is 3. The molecule has 3 amide bonds. The van der Waals surface area contributed by atoms with Gasteiger partial charge in [0, 0.05) is 19.2 Å². The summed E-state index contributed by atoms with van der Waals surface area (Å²) in [7, 11) is 1.49. The Kier molecular flexibility index (Phi) is 8.13. The Morgan fingerprint density at radius 3 is 2.39 bits per heavy atom. The van der Waals surface area contributed by atoms with Gasteiger partial charge in [0.05, 0.1) is 0 Å². The molecule has 0 spiro atoms. The quantitative estimate of drug-likeness (QED) is 0.434. The van der Waals surface area contributed by atoms with E-state index >= 15 is 0 Å². The Labute approximate surface area is 205 Å². The topological polar surface area (TPSA) is 113 Å². The summed E-state index contributed by atoms with van der Waals surface area (Å²) in [5.41, 5.74) is -0.233. The first-order chi connectivity index (χ1) is 17.0. The molecule has 1 aromatic carbocycles. The van der Waals surface area contributed by atoms with Gasteiger partial charge in [-0.05, 0) is 41.8 Å². The molecule has 190 valence electrons. The summed E-state index contributed by atoms with van der Waals surface area (Å²) in [4.78, 5) is 40.3. The number of pyridine rings is 1. The normalized spacial score (nSPS) is 12.2. The minimum atomic E-state index is -4.65. The fourth-order valence-electron chi connectivity index (χ4n) is 3.34. The predicted octanol–water partition coefficient (Wildman–Crippen LogP) is 3.79. The Morgan fingerprint density at radius 1 is 1.00 bits per heavy atom. The van der Waals surface area contributed by atoms with E-state index in [-0.39, 0.29) is 29.8 Å². The van der Waals surface area contributed by atoms with Crippen LogP contribution < -0.4 is 16.0 Å². The van der Waals surface area contributed by atoms with E-state index in [1.807, 2.05) is 0 Å². The number of hydrogen-bond donors (Lipinski definition) is 3. The number of nitrogens with zero attached hydrogens (tertiary/aromatic N) is 1. The predicted molar refractivity (Wildman–Crippen MR) is 125 cm³/mol. The molecule has 3 aromatic rings. The monoisotopic (exact) mass is 502 g/mol. The van der Waals surface area contributed by atoms with Crippen molar-refractivity contribution in [2.75, 3.05) is 7.05 Å². The van der Waals surface area contributed by atoms with Crippen molar-refractivity contribution in [3.8, 4) is 11.3 Å². The number of halogens is 3. The SMILES string of the molecule is CNC(=O)[C@@H](NC(=O)c1ccc(-c2cccc(CNC(=O)c3cccc(C(F)(F)F)n3)c2)o1)C(C)C. The summed E-state index contributed by atoms with van der Waals surface area (Å²) >= 11 is 0. The van der Waals surface area contributed by atoms with Crippen LogP contribution in [0.4, 0.5) is 13.2 Å². The molecule has 0 aliphatic rings. The molecular formula is C25H25F3N4O4. The van der Waals surface area contributed by atoms with Gasteiger partial charge < -0.3 is 20.4 Å². The van der Waals surface area contributed by atoms with E-state index in [1.54, 1.807) is 44.2 Å². The highest BCUT2D eigenvalue weighted by Crippen LogP contribution is 2.27. The maximum absolute atomic E-state index is 12.8. The second kappa shape index (κ2) is 11.1. The van der Waals surface area contributed by atoms with E-state index in [0.29, 0.717) is 16.9 Å². The zero-order valence-electron chi connectivity index (χ0n) is 19.8. The van der Waals surface area contributed by atoms with Gasteiger partial charge in [-0.15, -0.1) is 0 Å². The van der Waals surface area contributed by atoms with Gasteiger partial charge in [-0.2, -0.15) is 13.2 Å². The number of carbonyl (C=O) groups is 3. The molecule has 8 nitrogen and oxygen atoms in total. The average Bonchev–Trinajstić information content (AvgIpc) is 3.35. The summed E-state index contributed by atoms with van der Waals surface area (Å²) < 4.78 is 44.2. The number of benzene rings is 1. The van der Waals surface area contributed by atoms with Crippen molar-refractivity contribution in [2.24, 2.45) is 5.92 Å². The first-order valence-corrected chi connectivity index (χ1v) is 11.0. The standard InChI is InChI=1S/C25H25F3N4O4/c1-14(2)21(24(35)29-3)32-23(34)19-11-10-18(36-19)16-7-4-6-15(12-16)13-30-22(33)17-8-5-9-20(31-17)25(26,27)28/h4-12,14,21H,13H2,1-3H3,(H,29,35)(H,30,33)(H,32,34)/t21-/m0/s1. The number of carbonyl (C=O) groups excluding carboxylic acids is 3. The molecule has 0 radical (unpaired) electrons. The number of hydrogen-bond acceptors (Lipinski definition) is 5. The Morgan fingerprint density at radius 2 is 1.72 bits per heavy atom. The van der Waals surface area contributed by atoms with Gasteiger partial charge in [0.1, 0.15) is 23.2 Å². The molecule has 3 rings (SSSR count). The molecule has 0 aliphatic heterocycles. The lowest BCUT2D eigenvalue weighted by atomic mass is 10.0. The van der Waals surface area contributed by atoms with Crippen LogP contribution in [-0.4, -0.2) is 35.8 Å². The van der Waals surface area contributed by atoms with Crippen LogP contribution in [0.2, 0.25) is 0 Å². The Balaban J connectivity index is 1.68. The third-order valence-corrected chi connectivity index (χ3v) is 5.25. The zero-order chi connectivity index (χ0) is 26.5. The second-order valence-corrected chi connectivity index (χ2v) is 8.26. The van der Waals surface area contributed by atoms with Gasteiger partial charge in [-0.25, -0.2) is 4.98 Å². The number of aromatic nitrogens is 1. The average molecular weight is 502 g/mol. The van der Waals surface area contributed by atoms with Gasteiger partial charge in [0.25, 0.3) is 11.8 Å². The lowest BCUT2D eigenvalue weighted by Gasteiger charge is -2.19. The molecule has 2 heterocycles. The number of alkyl halides is 3. The van der Waals surface area contributed by atoms with Gasteiger partial charge in [-0.3, -0.25) is 14.4 Å². The Hall–Kier alpha value is -4.15. The van der Waals surface area contributed by atoms with Crippen molar-refractivity contribution in [3.63, 3.8) is 0 Å².